The van der Waals surface area contributed by atoms with E-state index in [4.69, 9.17) is 0 Å². The summed E-state index contributed by atoms with van der Waals surface area (Å²) in [5.41, 5.74) is 23.8. The Labute approximate surface area is 391 Å². The Bertz CT molecular complexity index is 3790. The minimum atomic E-state index is -0.384. The molecule has 1 heteroatoms. The van der Waals surface area contributed by atoms with Crippen LogP contribution in [0.4, 0.5) is 17.1 Å². The van der Waals surface area contributed by atoms with Gasteiger partial charge in [-0.05, 0) is 141 Å². The molecule has 0 N–H and O–H groups in total. The van der Waals surface area contributed by atoms with Crippen LogP contribution in [-0.4, -0.2) is 0 Å². The first-order chi connectivity index (χ1) is 33.0. The predicted molar refractivity (Wildman–Crippen MR) is 281 cm³/mol. The summed E-state index contributed by atoms with van der Waals surface area (Å²) in [5.74, 6) is 0. The quantitative estimate of drug-likeness (QED) is 0.167. The molecule has 67 heavy (non-hydrogen) atoms. The fraction of sp³-hybridized carbons (Fsp3) is 0.0606. The van der Waals surface area contributed by atoms with E-state index in [1.807, 2.05) is 0 Å². The first-order valence-corrected chi connectivity index (χ1v) is 23.6. The van der Waals surface area contributed by atoms with Crippen molar-refractivity contribution in [2.45, 2.75) is 24.7 Å². The van der Waals surface area contributed by atoms with Gasteiger partial charge in [0.05, 0.1) is 11.1 Å². The van der Waals surface area contributed by atoms with Gasteiger partial charge < -0.3 is 4.90 Å². The average Bonchev–Trinajstić information content (AvgIpc) is 3.96. The van der Waals surface area contributed by atoms with Gasteiger partial charge in [-0.2, -0.15) is 0 Å². The lowest BCUT2D eigenvalue weighted by atomic mass is 9.70. The highest BCUT2D eigenvalue weighted by Crippen LogP contribution is 2.64. The lowest BCUT2D eigenvalue weighted by Crippen LogP contribution is -2.25. The minimum absolute atomic E-state index is 0.182. The van der Waals surface area contributed by atoms with Crippen LogP contribution in [0.5, 0.6) is 0 Å². The van der Waals surface area contributed by atoms with Crippen LogP contribution in [0.15, 0.2) is 237 Å². The lowest BCUT2D eigenvalue weighted by Gasteiger charge is -2.30. The van der Waals surface area contributed by atoms with Crippen LogP contribution in [0, 0.1) is 0 Å². The van der Waals surface area contributed by atoms with Crippen molar-refractivity contribution in [3.8, 4) is 55.6 Å². The molecular formula is C66H45N. The molecule has 0 fully saturated rings. The van der Waals surface area contributed by atoms with Gasteiger partial charge in [-0.1, -0.05) is 214 Å². The molecule has 0 radical (unpaired) electrons. The summed E-state index contributed by atoms with van der Waals surface area (Å²) in [6.45, 7) is 4.80. The van der Waals surface area contributed by atoms with E-state index in [-0.39, 0.29) is 10.8 Å². The normalized spacial score (nSPS) is 14.1. The zero-order valence-electron chi connectivity index (χ0n) is 37.5. The van der Waals surface area contributed by atoms with Gasteiger partial charge in [-0.25, -0.2) is 0 Å². The van der Waals surface area contributed by atoms with Gasteiger partial charge in [-0.15, -0.1) is 0 Å². The summed E-state index contributed by atoms with van der Waals surface area (Å²) in [5, 5.41) is 5.06. The van der Waals surface area contributed by atoms with Gasteiger partial charge in [0.1, 0.15) is 0 Å². The summed E-state index contributed by atoms with van der Waals surface area (Å²) < 4.78 is 0. The Balaban J connectivity index is 0.960. The molecule has 0 unspecified atom stereocenters. The van der Waals surface area contributed by atoms with E-state index >= 15 is 0 Å². The number of hydrogen-bond acceptors (Lipinski definition) is 1. The van der Waals surface area contributed by atoms with Gasteiger partial charge in [0, 0.05) is 22.4 Å². The Hall–Kier alpha value is -8.26. The van der Waals surface area contributed by atoms with Crippen molar-refractivity contribution in [3.63, 3.8) is 0 Å². The predicted octanol–water partition coefficient (Wildman–Crippen LogP) is 17.4. The third-order valence-electron chi connectivity index (χ3n) is 15.4. The highest BCUT2D eigenvalue weighted by atomic mass is 15.1. The Morgan fingerprint density at radius 3 is 1.46 bits per heavy atom. The molecule has 0 saturated carbocycles. The van der Waals surface area contributed by atoms with E-state index in [1.54, 1.807) is 0 Å². The van der Waals surface area contributed by atoms with Crippen LogP contribution >= 0.6 is 0 Å². The van der Waals surface area contributed by atoms with E-state index in [9.17, 15) is 0 Å². The highest BCUT2D eigenvalue weighted by Gasteiger charge is 2.52. The Morgan fingerprint density at radius 2 is 0.791 bits per heavy atom. The molecule has 1 nitrogen and oxygen atoms in total. The first-order valence-electron chi connectivity index (χ1n) is 23.6. The molecule has 0 saturated heterocycles. The fourth-order valence-electron chi connectivity index (χ4n) is 12.6. The van der Waals surface area contributed by atoms with Crippen molar-refractivity contribution >= 4 is 38.6 Å². The van der Waals surface area contributed by atoms with E-state index in [2.05, 4.69) is 255 Å². The fourth-order valence-corrected chi connectivity index (χ4v) is 12.6. The van der Waals surface area contributed by atoms with Gasteiger partial charge in [0.2, 0.25) is 0 Å². The Morgan fingerprint density at radius 1 is 0.313 bits per heavy atom. The number of benzene rings is 11. The van der Waals surface area contributed by atoms with Crippen LogP contribution < -0.4 is 4.90 Å². The van der Waals surface area contributed by atoms with Crippen molar-refractivity contribution < 1.29 is 0 Å². The smallest absolute Gasteiger partial charge is 0.0725 e. The molecule has 11 aromatic carbocycles. The molecule has 14 rings (SSSR count). The Kier molecular flexibility index (Phi) is 8.02. The van der Waals surface area contributed by atoms with E-state index < -0.39 is 0 Å². The second-order valence-electron chi connectivity index (χ2n) is 19.1. The largest absolute Gasteiger partial charge is 0.310 e. The van der Waals surface area contributed by atoms with Crippen molar-refractivity contribution in [2.75, 3.05) is 4.90 Å². The standard InChI is InChI=1S/C66H45N/c1-65(2)56-25-11-9-22-54(56)63-61(41-47-18-5-6-19-51(47)64(63)65)67(48-36-32-43(33-37-48)46-31-30-42-16-3-4-17-45(42)40-46)49-38-34-44(35-39-49)50-24-15-29-60-62(50)55-23-10-14-28-59(55)66(60)57-26-12-7-20-52(57)53-21-8-13-27-58(53)66/h3-41H,1-2H3. The van der Waals surface area contributed by atoms with E-state index in [1.165, 1.54) is 116 Å². The zero-order chi connectivity index (χ0) is 44.4. The molecule has 0 aliphatic heterocycles. The van der Waals surface area contributed by atoms with Crippen molar-refractivity contribution in [2.24, 2.45) is 0 Å². The third kappa shape index (κ3) is 5.26. The molecule has 3 aliphatic rings. The molecule has 0 heterocycles. The molecule has 0 atom stereocenters. The van der Waals surface area contributed by atoms with Gasteiger partial charge >= 0.3 is 0 Å². The van der Waals surface area contributed by atoms with Crippen LogP contribution in [-0.2, 0) is 10.8 Å². The molecular weight excluding hydrogens is 807 g/mol. The number of rotatable bonds is 5. The zero-order valence-corrected chi connectivity index (χ0v) is 37.5. The molecule has 11 aromatic rings. The highest BCUT2D eigenvalue weighted by molar-refractivity contribution is 6.06. The average molecular weight is 852 g/mol. The minimum Gasteiger partial charge on any atom is -0.310 e. The number of hydrogen-bond donors (Lipinski definition) is 0. The molecule has 0 bridgehead atoms. The third-order valence-corrected chi connectivity index (χ3v) is 15.4. The maximum Gasteiger partial charge on any atom is 0.0725 e. The summed E-state index contributed by atoms with van der Waals surface area (Å²) in [6.07, 6.45) is 0. The summed E-state index contributed by atoms with van der Waals surface area (Å²) in [4.78, 5) is 2.50. The van der Waals surface area contributed by atoms with Gasteiger partial charge in [0.25, 0.3) is 0 Å². The topological polar surface area (TPSA) is 3.24 Å². The van der Waals surface area contributed by atoms with Gasteiger partial charge in [0.15, 0.2) is 0 Å². The van der Waals surface area contributed by atoms with Crippen molar-refractivity contribution in [1.29, 1.82) is 0 Å². The molecule has 1 spiro atoms. The molecule has 0 aromatic heterocycles. The van der Waals surface area contributed by atoms with Gasteiger partial charge in [-0.3, -0.25) is 0 Å². The van der Waals surface area contributed by atoms with Crippen LogP contribution in [0.2, 0.25) is 0 Å². The molecule has 0 amide bonds. The SMILES string of the molecule is CC1(C)c2ccccc2-c2c(N(c3ccc(-c4ccc5ccccc5c4)cc3)c3ccc(-c4cccc5c4-c4ccccc4C54c5ccccc5-c5ccccc54)cc3)cc3ccccc3c21. The summed E-state index contributed by atoms with van der Waals surface area (Å²) >= 11 is 0. The summed E-state index contributed by atoms with van der Waals surface area (Å²) in [7, 11) is 0. The lowest BCUT2D eigenvalue weighted by molar-refractivity contribution is 0.666. The second kappa shape index (κ2) is 14.1. The second-order valence-corrected chi connectivity index (χ2v) is 19.1. The van der Waals surface area contributed by atoms with E-state index in [0.717, 1.165) is 11.4 Å². The number of fused-ring (bicyclic) bond motifs is 16. The maximum absolute atomic E-state index is 2.50. The maximum atomic E-state index is 2.50. The monoisotopic (exact) mass is 851 g/mol. The van der Waals surface area contributed by atoms with Crippen molar-refractivity contribution in [3.05, 3.63) is 270 Å². The van der Waals surface area contributed by atoms with Crippen LogP contribution in [0.3, 0.4) is 0 Å². The first kappa shape index (κ1) is 38.1. The van der Waals surface area contributed by atoms with Crippen LogP contribution in [0.25, 0.3) is 77.2 Å². The van der Waals surface area contributed by atoms with Crippen LogP contribution in [0.1, 0.15) is 47.2 Å². The number of nitrogens with zero attached hydrogens (tertiary/aromatic N) is 1. The van der Waals surface area contributed by atoms with Crippen molar-refractivity contribution in [1.82, 2.24) is 0 Å². The summed E-state index contributed by atoms with van der Waals surface area (Å²) in [6, 6.07) is 88.6. The number of anilines is 3. The van der Waals surface area contributed by atoms with E-state index in [0.29, 0.717) is 0 Å². The molecule has 314 valence electrons. The molecule has 3 aliphatic carbocycles.